The third-order valence-corrected chi connectivity index (χ3v) is 9.20. The van der Waals surface area contributed by atoms with E-state index in [0.717, 1.165) is 9.87 Å². The molecule has 10 nitrogen and oxygen atoms in total. The van der Waals surface area contributed by atoms with Crippen LogP contribution in [0.2, 0.25) is 5.02 Å². The zero-order valence-corrected chi connectivity index (χ0v) is 27.4. The van der Waals surface area contributed by atoms with Crippen molar-refractivity contribution < 1.29 is 32.2 Å². The Morgan fingerprint density at radius 1 is 0.864 bits per heavy atom. The number of methoxy groups -OCH3 is 3. The maximum atomic E-state index is 14.3. The van der Waals surface area contributed by atoms with Crippen LogP contribution in [0.3, 0.4) is 0 Å². The van der Waals surface area contributed by atoms with Crippen LogP contribution in [0.5, 0.6) is 17.2 Å². The lowest BCUT2D eigenvalue weighted by atomic mass is 10.1. The normalized spacial score (nSPS) is 12.5. The van der Waals surface area contributed by atoms with Crippen molar-refractivity contribution in [1.29, 1.82) is 0 Å². The Hall–Kier alpha value is -3.96. The summed E-state index contributed by atoms with van der Waals surface area (Å²) < 4.78 is 45.7. The third kappa shape index (κ3) is 8.15. The smallest absolute Gasteiger partial charge is 0.265 e. The molecule has 238 valence electrons. The lowest BCUT2D eigenvalue weighted by Gasteiger charge is -2.34. The number of benzene rings is 3. The molecule has 0 fully saturated rings. The summed E-state index contributed by atoms with van der Waals surface area (Å²) in [6, 6.07) is 16.9. The van der Waals surface area contributed by atoms with E-state index in [0.29, 0.717) is 18.6 Å². The summed E-state index contributed by atoms with van der Waals surface area (Å²) in [4.78, 5) is 29.0. The van der Waals surface area contributed by atoms with Gasteiger partial charge in [0.25, 0.3) is 10.0 Å². The lowest BCUT2D eigenvalue weighted by molar-refractivity contribution is -0.140. The van der Waals surface area contributed by atoms with E-state index in [-0.39, 0.29) is 45.6 Å². The maximum absolute atomic E-state index is 14.3. The topological polar surface area (TPSA) is 114 Å². The van der Waals surface area contributed by atoms with Gasteiger partial charge in [-0.15, -0.1) is 0 Å². The molecule has 0 heterocycles. The SMILES string of the molecule is CC[C@@H](C)NC(=O)[C@H](CC)N(Cc1ccccc1)C(=O)CN(c1cc(Cl)ccc1OC)S(=O)(=O)c1ccc(OC)c(OC)c1. The summed E-state index contributed by atoms with van der Waals surface area (Å²) in [5.41, 5.74) is 0.838. The van der Waals surface area contributed by atoms with Gasteiger partial charge in [0, 0.05) is 23.7 Å². The van der Waals surface area contributed by atoms with Gasteiger partial charge in [-0.2, -0.15) is 0 Å². The van der Waals surface area contributed by atoms with Gasteiger partial charge in [0.2, 0.25) is 11.8 Å². The lowest BCUT2D eigenvalue weighted by Crippen LogP contribution is -2.53. The molecule has 0 saturated carbocycles. The van der Waals surface area contributed by atoms with E-state index < -0.39 is 28.5 Å². The second-order valence-electron chi connectivity index (χ2n) is 10.1. The molecule has 0 radical (unpaired) electrons. The number of carbonyl (C=O) groups is 2. The van der Waals surface area contributed by atoms with Gasteiger partial charge in [0.1, 0.15) is 18.3 Å². The summed E-state index contributed by atoms with van der Waals surface area (Å²) in [7, 11) is -0.198. The van der Waals surface area contributed by atoms with Crippen molar-refractivity contribution in [2.75, 3.05) is 32.2 Å². The molecule has 3 aromatic carbocycles. The molecule has 0 bridgehead atoms. The monoisotopic (exact) mass is 645 g/mol. The fourth-order valence-electron chi connectivity index (χ4n) is 4.62. The Kier molecular flexibility index (Phi) is 12.3. The zero-order chi connectivity index (χ0) is 32.4. The fraction of sp³-hybridized carbons (Fsp3) is 0.375. The molecule has 0 aromatic heterocycles. The Morgan fingerprint density at radius 2 is 1.50 bits per heavy atom. The van der Waals surface area contributed by atoms with Crippen molar-refractivity contribution in [2.45, 2.75) is 57.1 Å². The molecular formula is C32H40ClN3O7S. The summed E-state index contributed by atoms with van der Waals surface area (Å²) in [6.45, 7) is 5.09. The molecule has 1 N–H and O–H groups in total. The summed E-state index contributed by atoms with van der Waals surface area (Å²) in [5, 5.41) is 3.20. The predicted octanol–water partition coefficient (Wildman–Crippen LogP) is 5.28. The molecule has 0 saturated heterocycles. The van der Waals surface area contributed by atoms with Crippen LogP contribution >= 0.6 is 11.6 Å². The number of nitrogens with zero attached hydrogens (tertiary/aromatic N) is 2. The van der Waals surface area contributed by atoms with E-state index in [1.807, 2.05) is 51.1 Å². The van der Waals surface area contributed by atoms with Crippen molar-refractivity contribution >= 4 is 39.1 Å². The van der Waals surface area contributed by atoms with Crippen molar-refractivity contribution in [3.8, 4) is 17.2 Å². The predicted molar refractivity (Wildman–Crippen MR) is 171 cm³/mol. The molecule has 44 heavy (non-hydrogen) atoms. The second-order valence-corrected chi connectivity index (χ2v) is 12.4. The minimum absolute atomic E-state index is 0.0555. The van der Waals surface area contributed by atoms with Gasteiger partial charge >= 0.3 is 0 Å². The van der Waals surface area contributed by atoms with Gasteiger partial charge in [-0.05, 0) is 55.7 Å². The molecule has 2 atom stereocenters. The number of amides is 2. The molecule has 0 aliphatic carbocycles. The molecule has 0 aliphatic heterocycles. The van der Waals surface area contributed by atoms with Crippen LogP contribution in [0.15, 0.2) is 71.6 Å². The van der Waals surface area contributed by atoms with Crippen LogP contribution in [-0.2, 0) is 26.2 Å². The number of anilines is 1. The average Bonchev–Trinajstić information content (AvgIpc) is 3.03. The molecule has 12 heteroatoms. The first-order chi connectivity index (χ1) is 21.0. The standard InChI is InChI=1S/C32H40ClN3O7S/c1-7-22(3)34-32(38)26(8-2)35(20-23-12-10-9-11-13-23)31(37)21-36(27-18-24(33)14-16-28(27)41-4)44(39,40)25-15-17-29(42-5)30(19-25)43-6/h9-19,22,26H,7-8,20-21H2,1-6H3,(H,34,38)/t22-,26+/m1/s1. The number of ether oxygens (including phenoxy) is 3. The van der Waals surface area contributed by atoms with Gasteiger partial charge in [-0.1, -0.05) is 55.8 Å². The van der Waals surface area contributed by atoms with E-state index in [9.17, 15) is 18.0 Å². The molecule has 0 spiro atoms. The highest BCUT2D eigenvalue weighted by molar-refractivity contribution is 7.92. The van der Waals surface area contributed by atoms with Gasteiger partial charge in [-0.3, -0.25) is 13.9 Å². The number of halogens is 1. The largest absolute Gasteiger partial charge is 0.495 e. The average molecular weight is 646 g/mol. The Bertz CT molecular complexity index is 1540. The van der Waals surface area contributed by atoms with Crippen LogP contribution in [0, 0.1) is 0 Å². The van der Waals surface area contributed by atoms with E-state index >= 15 is 0 Å². The number of sulfonamides is 1. The van der Waals surface area contributed by atoms with Gasteiger partial charge < -0.3 is 24.4 Å². The van der Waals surface area contributed by atoms with Crippen LogP contribution < -0.4 is 23.8 Å². The molecule has 3 aromatic rings. The third-order valence-electron chi connectivity index (χ3n) is 7.21. The quantitative estimate of drug-likeness (QED) is 0.239. The van der Waals surface area contributed by atoms with E-state index in [1.54, 1.807) is 6.07 Å². The number of rotatable bonds is 15. The number of nitrogens with one attached hydrogen (secondary N) is 1. The number of hydrogen-bond acceptors (Lipinski definition) is 7. The zero-order valence-electron chi connectivity index (χ0n) is 25.9. The Balaban J connectivity index is 2.16. The molecular weight excluding hydrogens is 606 g/mol. The number of carbonyl (C=O) groups excluding carboxylic acids is 2. The number of hydrogen-bond donors (Lipinski definition) is 1. The highest BCUT2D eigenvalue weighted by Crippen LogP contribution is 2.37. The van der Waals surface area contributed by atoms with E-state index in [4.69, 9.17) is 25.8 Å². The highest BCUT2D eigenvalue weighted by atomic mass is 35.5. The minimum Gasteiger partial charge on any atom is -0.495 e. The van der Waals surface area contributed by atoms with Crippen LogP contribution in [-0.4, -0.2) is 65.1 Å². The van der Waals surface area contributed by atoms with Crippen molar-refractivity contribution in [3.63, 3.8) is 0 Å². The van der Waals surface area contributed by atoms with Gasteiger partial charge in [0.05, 0.1) is 31.9 Å². The summed E-state index contributed by atoms with van der Waals surface area (Å²) >= 11 is 6.32. The fourth-order valence-corrected chi connectivity index (χ4v) is 6.22. The van der Waals surface area contributed by atoms with Gasteiger partial charge in [0.15, 0.2) is 11.5 Å². The molecule has 0 aliphatic rings. The summed E-state index contributed by atoms with van der Waals surface area (Å²) in [5.74, 6) is -0.202. The second kappa shape index (κ2) is 15.7. The minimum atomic E-state index is -4.43. The Labute approximate surface area is 264 Å². The van der Waals surface area contributed by atoms with Crippen LogP contribution in [0.1, 0.15) is 39.2 Å². The van der Waals surface area contributed by atoms with E-state index in [1.165, 1.54) is 56.6 Å². The van der Waals surface area contributed by atoms with E-state index in [2.05, 4.69) is 5.32 Å². The molecule has 2 amide bonds. The van der Waals surface area contributed by atoms with Gasteiger partial charge in [-0.25, -0.2) is 8.42 Å². The van der Waals surface area contributed by atoms with Crippen molar-refractivity contribution in [3.05, 3.63) is 77.3 Å². The summed E-state index contributed by atoms with van der Waals surface area (Å²) in [6.07, 6.45) is 1.02. The maximum Gasteiger partial charge on any atom is 0.265 e. The first-order valence-electron chi connectivity index (χ1n) is 14.2. The first kappa shape index (κ1) is 34.5. The van der Waals surface area contributed by atoms with Crippen molar-refractivity contribution in [2.24, 2.45) is 0 Å². The Morgan fingerprint density at radius 3 is 2.09 bits per heavy atom. The van der Waals surface area contributed by atoms with Crippen molar-refractivity contribution in [1.82, 2.24) is 10.2 Å². The first-order valence-corrected chi connectivity index (χ1v) is 16.0. The van der Waals surface area contributed by atoms with Crippen LogP contribution in [0.25, 0.3) is 0 Å². The van der Waals surface area contributed by atoms with Crippen LogP contribution in [0.4, 0.5) is 5.69 Å². The molecule has 3 rings (SSSR count). The highest BCUT2D eigenvalue weighted by Gasteiger charge is 2.35. The molecule has 0 unspecified atom stereocenters.